The van der Waals surface area contributed by atoms with Crippen molar-refractivity contribution in [3.63, 3.8) is 0 Å². The molecule has 2 N–H and O–H groups in total. The van der Waals surface area contributed by atoms with E-state index >= 15 is 0 Å². The van der Waals surface area contributed by atoms with Gasteiger partial charge in [-0.1, -0.05) is 17.7 Å². The number of aryl methyl sites for hydroxylation is 1. The average molecular weight is 238 g/mol. The zero-order valence-corrected chi connectivity index (χ0v) is 10.2. The summed E-state index contributed by atoms with van der Waals surface area (Å²) in [6, 6.07) is 7.28. The molecule has 0 fully saturated rings. The van der Waals surface area contributed by atoms with E-state index in [2.05, 4.69) is 10.6 Å². The number of methoxy groups -OCH3 is 1. The van der Waals surface area contributed by atoms with Crippen LogP contribution in [0.5, 0.6) is 0 Å². The van der Waals surface area contributed by atoms with Crippen LogP contribution in [0, 0.1) is 6.92 Å². The molecule has 1 aromatic rings. The topological polar surface area (TPSA) is 59.6 Å². The number of hydrogen-bond acceptors (Lipinski definition) is 3. The number of carbonyl (C=O) groups is 1. The molecular formula is C12H18N2O3. The standard InChI is InChI=1S/C12H18N2O3/c1-10-3-5-11(6-4-10)14-12(15)13-9-17-8-7-16-2/h3-6H,7-9H2,1-2H3,(H2,13,14,15). The van der Waals surface area contributed by atoms with Crippen molar-refractivity contribution in [3.05, 3.63) is 29.8 Å². The molecule has 0 aliphatic heterocycles. The summed E-state index contributed by atoms with van der Waals surface area (Å²) in [5.74, 6) is 0. The summed E-state index contributed by atoms with van der Waals surface area (Å²) >= 11 is 0. The highest BCUT2D eigenvalue weighted by molar-refractivity contribution is 5.89. The van der Waals surface area contributed by atoms with Crippen molar-refractivity contribution in [2.45, 2.75) is 6.92 Å². The summed E-state index contributed by atoms with van der Waals surface area (Å²) < 4.78 is 9.91. The molecule has 0 aliphatic carbocycles. The highest BCUT2D eigenvalue weighted by Crippen LogP contribution is 2.07. The Morgan fingerprint density at radius 3 is 2.59 bits per heavy atom. The summed E-state index contributed by atoms with van der Waals surface area (Å²) in [7, 11) is 1.60. The molecule has 1 aromatic carbocycles. The van der Waals surface area contributed by atoms with E-state index in [1.54, 1.807) is 7.11 Å². The van der Waals surface area contributed by atoms with E-state index in [1.165, 1.54) is 0 Å². The van der Waals surface area contributed by atoms with Gasteiger partial charge in [-0.05, 0) is 19.1 Å². The summed E-state index contributed by atoms with van der Waals surface area (Å²) in [5.41, 5.74) is 1.91. The quantitative estimate of drug-likeness (QED) is 0.586. The normalized spacial score (nSPS) is 10.0. The molecule has 0 atom stereocenters. The van der Waals surface area contributed by atoms with Crippen LogP contribution in [0.15, 0.2) is 24.3 Å². The van der Waals surface area contributed by atoms with Crippen LogP contribution in [0.25, 0.3) is 0 Å². The molecule has 0 saturated carbocycles. The average Bonchev–Trinajstić information content (AvgIpc) is 2.32. The van der Waals surface area contributed by atoms with Crippen LogP contribution in [0.1, 0.15) is 5.56 Å². The maximum Gasteiger partial charge on any atom is 0.321 e. The Morgan fingerprint density at radius 1 is 1.24 bits per heavy atom. The van der Waals surface area contributed by atoms with Gasteiger partial charge < -0.3 is 20.1 Å². The van der Waals surface area contributed by atoms with Crippen molar-refractivity contribution in [3.8, 4) is 0 Å². The van der Waals surface area contributed by atoms with Gasteiger partial charge in [-0.3, -0.25) is 0 Å². The third-order valence-corrected chi connectivity index (χ3v) is 2.08. The molecule has 0 heterocycles. The van der Waals surface area contributed by atoms with E-state index in [4.69, 9.17) is 9.47 Å². The first kappa shape index (κ1) is 13.5. The number of rotatable bonds is 6. The second-order valence-corrected chi connectivity index (χ2v) is 3.54. The summed E-state index contributed by atoms with van der Waals surface area (Å²) in [6.45, 7) is 3.14. The smallest absolute Gasteiger partial charge is 0.321 e. The molecule has 2 amide bonds. The molecule has 94 valence electrons. The van der Waals surface area contributed by atoms with Gasteiger partial charge in [0.1, 0.15) is 6.73 Å². The van der Waals surface area contributed by atoms with E-state index in [1.807, 2.05) is 31.2 Å². The second kappa shape index (κ2) is 7.65. The van der Waals surface area contributed by atoms with E-state index in [0.29, 0.717) is 13.2 Å². The van der Waals surface area contributed by atoms with Gasteiger partial charge in [0, 0.05) is 12.8 Å². The highest BCUT2D eigenvalue weighted by Gasteiger charge is 1.99. The number of hydrogen-bond donors (Lipinski definition) is 2. The molecule has 5 nitrogen and oxygen atoms in total. The zero-order chi connectivity index (χ0) is 12.5. The zero-order valence-electron chi connectivity index (χ0n) is 10.2. The van der Waals surface area contributed by atoms with Crippen LogP contribution in [0.2, 0.25) is 0 Å². The first-order chi connectivity index (χ1) is 8.22. The van der Waals surface area contributed by atoms with E-state index in [-0.39, 0.29) is 12.8 Å². The fourth-order valence-electron chi connectivity index (χ4n) is 1.14. The number of urea groups is 1. The fourth-order valence-corrected chi connectivity index (χ4v) is 1.14. The Morgan fingerprint density at radius 2 is 1.94 bits per heavy atom. The van der Waals surface area contributed by atoms with E-state index in [0.717, 1.165) is 11.3 Å². The number of anilines is 1. The number of benzene rings is 1. The fraction of sp³-hybridized carbons (Fsp3) is 0.417. The number of amides is 2. The molecule has 0 unspecified atom stereocenters. The summed E-state index contributed by atoms with van der Waals surface area (Å²) in [5, 5.41) is 5.28. The van der Waals surface area contributed by atoms with Gasteiger partial charge in [-0.25, -0.2) is 4.79 Å². The van der Waals surface area contributed by atoms with Crippen molar-refractivity contribution >= 4 is 11.7 Å². The van der Waals surface area contributed by atoms with Gasteiger partial charge in [0.2, 0.25) is 0 Å². The number of carbonyl (C=O) groups excluding carboxylic acids is 1. The van der Waals surface area contributed by atoms with Crippen LogP contribution in [-0.2, 0) is 9.47 Å². The van der Waals surface area contributed by atoms with Crippen LogP contribution >= 0.6 is 0 Å². The van der Waals surface area contributed by atoms with Crippen LogP contribution in [-0.4, -0.2) is 33.1 Å². The lowest BCUT2D eigenvalue weighted by molar-refractivity contribution is 0.0650. The minimum absolute atomic E-state index is 0.168. The molecular weight excluding hydrogens is 220 g/mol. The summed E-state index contributed by atoms with van der Waals surface area (Å²) in [6.07, 6.45) is 0. The largest absolute Gasteiger partial charge is 0.382 e. The number of nitrogens with one attached hydrogen (secondary N) is 2. The SMILES string of the molecule is COCCOCNC(=O)Nc1ccc(C)cc1. The lowest BCUT2D eigenvalue weighted by Gasteiger charge is -2.08. The van der Waals surface area contributed by atoms with E-state index < -0.39 is 0 Å². The molecule has 0 spiro atoms. The van der Waals surface area contributed by atoms with Gasteiger partial charge in [0.25, 0.3) is 0 Å². The Balaban J connectivity index is 2.18. The molecule has 17 heavy (non-hydrogen) atoms. The molecule has 0 aromatic heterocycles. The highest BCUT2D eigenvalue weighted by atomic mass is 16.5. The lowest BCUT2D eigenvalue weighted by atomic mass is 10.2. The Labute approximate surface area is 101 Å². The Hall–Kier alpha value is -1.59. The van der Waals surface area contributed by atoms with Gasteiger partial charge in [0.05, 0.1) is 13.2 Å². The van der Waals surface area contributed by atoms with Gasteiger partial charge in [-0.2, -0.15) is 0 Å². The van der Waals surface area contributed by atoms with Crippen LogP contribution in [0.4, 0.5) is 10.5 Å². The van der Waals surface area contributed by atoms with Gasteiger partial charge in [0.15, 0.2) is 0 Å². The van der Waals surface area contributed by atoms with E-state index in [9.17, 15) is 4.79 Å². The van der Waals surface area contributed by atoms with Crippen LogP contribution < -0.4 is 10.6 Å². The van der Waals surface area contributed by atoms with Crippen molar-refractivity contribution < 1.29 is 14.3 Å². The van der Waals surface area contributed by atoms with Crippen molar-refractivity contribution in [2.75, 3.05) is 32.4 Å². The first-order valence-electron chi connectivity index (χ1n) is 5.40. The van der Waals surface area contributed by atoms with Crippen LogP contribution in [0.3, 0.4) is 0 Å². The third-order valence-electron chi connectivity index (χ3n) is 2.08. The maximum absolute atomic E-state index is 11.4. The Kier molecular flexibility index (Phi) is 6.06. The molecule has 0 saturated heterocycles. The predicted octanol–water partition coefficient (Wildman–Crippen LogP) is 1.74. The third kappa shape index (κ3) is 5.89. The predicted molar refractivity (Wildman–Crippen MR) is 66.0 cm³/mol. The molecule has 0 aliphatic rings. The molecule has 1 rings (SSSR count). The molecule has 5 heteroatoms. The van der Waals surface area contributed by atoms with Gasteiger partial charge in [-0.15, -0.1) is 0 Å². The summed E-state index contributed by atoms with van der Waals surface area (Å²) in [4.78, 5) is 11.4. The van der Waals surface area contributed by atoms with Crippen molar-refractivity contribution in [2.24, 2.45) is 0 Å². The first-order valence-corrected chi connectivity index (χ1v) is 5.40. The van der Waals surface area contributed by atoms with Crippen molar-refractivity contribution in [1.29, 1.82) is 0 Å². The molecule has 0 bridgehead atoms. The van der Waals surface area contributed by atoms with Crippen molar-refractivity contribution in [1.82, 2.24) is 5.32 Å². The monoisotopic (exact) mass is 238 g/mol. The van der Waals surface area contributed by atoms with Gasteiger partial charge >= 0.3 is 6.03 Å². The second-order valence-electron chi connectivity index (χ2n) is 3.54. The minimum Gasteiger partial charge on any atom is -0.382 e. The number of ether oxygens (including phenoxy) is 2. The minimum atomic E-state index is -0.286. The molecule has 0 radical (unpaired) electrons. The maximum atomic E-state index is 11.4. The Bertz CT molecular complexity index is 338. The lowest BCUT2D eigenvalue weighted by Crippen LogP contribution is -2.31.